The van der Waals surface area contributed by atoms with E-state index in [1.54, 1.807) is 0 Å². The molecule has 14 heavy (non-hydrogen) atoms. The molecule has 0 aromatic heterocycles. The van der Waals surface area contributed by atoms with Crippen LogP contribution in [0.2, 0.25) is 0 Å². The third-order valence-corrected chi connectivity index (χ3v) is 2.03. The van der Waals surface area contributed by atoms with E-state index in [-0.39, 0.29) is 18.8 Å². The molecule has 1 rings (SSSR count). The number of carbonyl (C=O) groups is 1. The molecular formula is C11H11NO2. The quantitative estimate of drug-likeness (QED) is 0.789. The molecule has 72 valence electrons. The molecule has 0 saturated heterocycles. The van der Waals surface area contributed by atoms with Gasteiger partial charge in [0, 0.05) is 12.3 Å². The van der Waals surface area contributed by atoms with Crippen molar-refractivity contribution in [3.8, 4) is 6.07 Å². The van der Waals surface area contributed by atoms with Crippen molar-refractivity contribution in [2.24, 2.45) is 0 Å². The van der Waals surface area contributed by atoms with Gasteiger partial charge in [0.25, 0.3) is 0 Å². The van der Waals surface area contributed by atoms with Gasteiger partial charge in [0.1, 0.15) is 0 Å². The lowest BCUT2D eigenvalue weighted by Crippen LogP contribution is -2.05. The Balaban J connectivity index is 2.78. The van der Waals surface area contributed by atoms with Crippen LogP contribution in [0.5, 0.6) is 0 Å². The highest BCUT2D eigenvalue weighted by molar-refractivity contribution is 5.68. The summed E-state index contributed by atoms with van der Waals surface area (Å²) in [5.74, 6) is -1.06. The average molecular weight is 189 g/mol. The zero-order valence-electron chi connectivity index (χ0n) is 7.68. The summed E-state index contributed by atoms with van der Waals surface area (Å²) in [7, 11) is 0. The van der Waals surface area contributed by atoms with E-state index in [0.29, 0.717) is 0 Å². The summed E-state index contributed by atoms with van der Waals surface area (Å²) in [4.78, 5) is 10.5. The van der Waals surface area contributed by atoms with Crippen molar-refractivity contribution < 1.29 is 9.90 Å². The van der Waals surface area contributed by atoms with E-state index in [2.05, 4.69) is 0 Å². The van der Waals surface area contributed by atoms with Gasteiger partial charge in [0.15, 0.2) is 0 Å². The first-order valence-corrected chi connectivity index (χ1v) is 4.37. The van der Waals surface area contributed by atoms with Crippen molar-refractivity contribution in [3.63, 3.8) is 0 Å². The van der Waals surface area contributed by atoms with Gasteiger partial charge >= 0.3 is 5.97 Å². The number of hydrogen-bond donors (Lipinski definition) is 1. The van der Waals surface area contributed by atoms with Crippen molar-refractivity contribution in [1.82, 2.24) is 0 Å². The van der Waals surface area contributed by atoms with Gasteiger partial charge in [-0.3, -0.25) is 4.79 Å². The van der Waals surface area contributed by atoms with Crippen molar-refractivity contribution in [3.05, 3.63) is 35.9 Å². The SMILES string of the molecule is N#CC[C@H](CC(=O)O)c1ccccc1. The maximum atomic E-state index is 10.5. The second-order valence-corrected chi connectivity index (χ2v) is 3.07. The number of nitrogens with zero attached hydrogens (tertiary/aromatic N) is 1. The van der Waals surface area contributed by atoms with Gasteiger partial charge in [0.05, 0.1) is 12.5 Å². The molecule has 1 N–H and O–H groups in total. The Hall–Kier alpha value is -1.82. The summed E-state index contributed by atoms with van der Waals surface area (Å²) in [6.45, 7) is 0. The van der Waals surface area contributed by atoms with Crippen LogP contribution in [0.25, 0.3) is 0 Å². The molecule has 3 heteroatoms. The van der Waals surface area contributed by atoms with Crippen molar-refractivity contribution in [1.29, 1.82) is 5.26 Å². The molecule has 0 spiro atoms. The topological polar surface area (TPSA) is 61.1 Å². The normalized spacial score (nSPS) is 11.6. The first kappa shape index (κ1) is 10.3. The van der Waals surface area contributed by atoms with Crippen LogP contribution in [0.4, 0.5) is 0 Å². The molecule has 0 saturated carbocycles. The molecule has 1 atom stereocenters. The minimum absolute atomic E-state index is 0.0115. The molecule has 0 aliphatic heterocycles. The third-order valence-electron chi connectivity index (χ3n) is 2.03. The summed E-state index contributed by atoms with van der Waals surface area (Å²) < 4.78 is 0. The van der Waals surface area contributed by atoms with E-state index in [1.807, 2.05) is 36.4 Å². The fourth-order valence-electron chi connectivity index (χ4n) is 1.35. The number of nitriles is 1. The molecule has 0 heterocycles. The summed E-state index contributed by atoms with van der Waals surface area (Å²) in [6, 6.07) is 11.3. The van der Waals surface area contributed by atoms with Crippen LogP contribution >= 0.6 is 0 Å². The number of rotatable bonds is 4. The van der Waals surface area contributed by atoms with Crippen LogP contribution in [0.1, 0.15) is 24.3 Å². The van der Waals surface area contributed by atoms with Crippen molar-refractivity contribution in [2.45, 2.75) is 18.8 Å². The molecule has 0 amide bonds. The van der Waals surface area contributed by atoms with Gasteiger partial charge in [-0.25, -0.2) is 0 Å². The molecule has 1 aromatic carbocycles. The Morgan fingerprint density at radius 3 is 2.57 bits per heavy atom. The van der Waals surface area contributed by atoms with E-state index in [0.717, 1.165) is 5.56 Å². The number of benzene rings is 1. The molecule has 3 nitrogen and oxygen atoms in total. The number of carboxylic acid groups (broad SMARTS) is 1. The second-order valence-electron chi connectivity index (χ2n) is 3.07. The van der Waals surface area contributed by atoms with E-state index < -0.39 is 5.97 Å². The minimum atomic E-state index is -0.867. The zero-order chi connectivity index (χ0) is 10.4. The first-order chi connectivity index (χ1) is 6.74. The van der Waals surface area contributed by atoms with E-state index in [9.17, 15) is 4.79 Å². The molecule has 0 aliphatic carbocycles. The third kappa shape index (κ3) is 2.91. The van der Waals surface area contributed by atoms with Gasteiger partial charge in [-0.15, -0.1) is 0 Å². The molecule has 0 unspecified atom stereocenters. The van der Waals surface area contributed by atoms with Crippen LogP contribution in [0.3, 0.4) is 0 Å². The maximum Gasteiger partial charge on any atom is 0.303 e. The smallest absolute Gasteiger partial charge is 0.303 e. The summed E-state index contributed by atoms with van der Waals surface area (Å²) in [6.07, 6.45) is 0.258. The van der Waals surface area contributed by atoms with Gasteiger partial charge in [0.2, 0.25) is 0 Å². The van der Waals surface area contributed by atoms with Crippen LogP contribution in [0, 0.1) is 11.3 Å². The highest BCUT2D eigenvalue weighted by atomic mass is 16.4. The molecule has 0 aliphatic rings. The number of carboxylic acids is 1. The van der Waals surface area contributed by atoms with E-state index >= 15 is 0 Å². The zero-order valence-corrected chi connectivity index (χ0v) is 7.68. The lowest BCUT2D eigenvalue weighted by molar-refractivity contribution is -0.137. The average Bonchev–Trinajstić information content (AvgIpc) is 2.18. The lowest BCUT2D eigenvalue weighted by Gasteiger charge is -2.10. The van der Waals surface area contributed by atoms with Crippen LogP contribution in [0.15, 0.2) is 30.3 Å². The number of hydrogen-bond acceptors (Lipinski definition) is 2. The predicted molar refractivity (Wildman–Crippen MR) is 51.7 cm³/mol. The van der Waals surface area contributed by atoms with Gasteiger partial charge in [-0.1, -0.05) is 30.3 Å². The Kier molecular flexibility index (Phi) is 3.69. The van der Waals surface area contributed by atoms with Crippen molar-refractivity contribution in [2.75, 3.05) is 0 Å². The van der Waals surface area contributed by atoms with Crippen LogP contribution < -0.4 is 0 Å². The maximum absolute atomic E-state index is 10.5. The Bertz CT molecular complexity index is 340. The highest BCUT2D eigenvalue weighted by Gasteiger charge is 2.14. The van der Waals surface area contributed by atoms with Gasteiger partial charge < -0.3 is 5.11 Å². The molecular weight excluding hydrogens is 178 g/mol. The standard InChI is InChI=1S/C11H11NO2/c12-7-6-10(8-11(13)14)9-4-2-1-3-5-9/h1-5,10H,6,8H2,(H,13,14)/t10-/m1/s1. The van der Waals surface area contributed by atoms with Gasteiger partial charge in [-0.2, -0.15) is 5.26 Å². The fourth-order valence-corrected chi connectivity index (χ4v) is 1.35. The highest BCUT2D eigenvalue weighted by Crippen LogP contribution is 2.22. The Morgan fingerprint density at radius 2 is 2.07 bits per heavy atom. The monoisotopic (exact) mass is 189 g/mol. The first-order valence-electron chi connectivity index (χ1n) is 4.37. The molecule has 0 bridgehead atoms. The Labute approximate surface area is 82.6 Å². The minimum Gasteiger partial charge on any atom is -0.481 e. The van der Waals surface area contributed by atoms with E-state index in [1.165, 1.54) is 0 Å². The van der Waals surface area contributed by atoms with Crippen LogP contribution in [-0.2, 0) is 4.79 Å². The molecule has 0 fully saturated rings. The lowest BCUT2D eigenvalue weighted by atomic mass is 9.93. The molecule has 1 aromatic rings. The van der Waals surface area contributed by atoms with Gasteiger partial charge in [-0.05, 0) is 5.56 Å². The fraction of sp³-hybridized carbons (Fsp3) is 0.273. The second kappa shape index (κ2) is 5.03. The molecule has 0 radical (unpaired) electrons. The summed E-state index contributed by atoms with van der Waals surface area (Å²) in [5.41, 5.74) is 0.913. The van der Waals surface area contributed by atoms with Crippen molar-refractivity contribution >= 4 is 5.97 Å². The summed E-state index contributed by atoms with van der Waals surface area (Å²) in [5, 5.41) is 17.2. The van der Waals surface area contributed by atoms with Crippen LogP contribution in [-0.4, -0.2) is 11.1 Å². The van der Waals surface area contributed by atoms with E-state index in [4.69, 9.17) is 10.4 Å². The predicted octanol–water partition coefficient (Wildman–Crippen LogP) is 2.16. The largest absolute Gasteiger partial charge is 0.481 e. The Morgan fingerprint density at radius 1 is 1.43 bits per heavy atom. The summed E-state index contributed by atoms with van der Waals surface area (Å²) >= 11 is 0. The number of aliphatic carboxylic acids is 1.